The van der Waals surface area contributed by atoms with Crippen LogP contribution in [0, 0.1) is 0 Å². The molecule has 0 aliphatic rings. The number of benzene rings is 2. The number of nitrogens with one attached hydrogen (secondary N) is 1. The van der Waals surface area contributed by atoms with E-state index in [1.54, 1.807) is 18.3 Å². The van der Waals surface area contributed by atoms with Crippen LogP contribution in [0.25, 0.3) is 10.8 Å². The predicted molar refractivity (Wildman–Crippen MR) is 101 cm³/mol. The van der Waals surface area contributed by atoms with Gasteiger partial charge in [-0.15, -0.1) is 11.3 Å². The van der Waals surface area contributed by atoms with Crippen LogP contribution in [0.4, 0.5) is 0 Å². The first-order chi connectivity index (χ1) is 11.6. The summed E-state index contributed by atoms with van der Waals surface area (Å²) in [5.74, 6) is 0.219. The molecule has 124 valence electrons. The van der Waals surface area contributed by atoms with E-state index < -0.39 is 16.0 Å². The molecule has 3 rings (SSSR count). The summed E-state index contributed by atoms with van der Waals surface area (Å²) in [4.78, 5) is 13.3. The lowest BCUT2D eigenvalue weighted by molar-refractivity contribution is -0.120. The van der Waals surface area contributed by atoms with Gasteiger partial charge in [-0.25, -0.2) is 0 Å². The molecule has 0 spiro atoms. The Labute approximate surface area is 148 Å². The van der Waals surface area contributed by atoms with Crippen molar-refractivity contribution in [2.45, 2.75) is 24.5 Å². The second-order valence-electron chi connectivity index (χ2n) is 5.60. The monoisotopic (exact) mass is 357 g/mol. The first-order valence-corrected chi connectivity index (χ1v) is 10.1. The van der Waals surface area contributed by atoms with Gasteiger partial charge in [0.25, 0.3) is 0 Å². The Bertz CT molecular complexity index is 853. The molecule has 0 bridgehead atoms. The van der Waals surface area contributed by atoms with Crippen molar-refractivity contribution in [1.29, 1.82) is 0 Å². The van der Waals surface area contributed by atoms with Gasteiger partial charge in [0.15, 0.2) is 0 Å². The van der Waals surface area contributed by atoms with Gasteiger partial charge < -0.3 is 5.32 Å². The maximum absolute atomic E-state index is 12.6. The Morgan fingerprint density at radius 1 is 1.12 bits per heavy atom. The lowest BCUT2D eigenvalue weighted by Crippen LogP contribution is -2.35. The number of rotatable bonds is 6. The van der Waals surface area contributed by atoms with Crippen molar-refractivity contribution in [2.24, 2.45) is 0 Å². The first-order valence-electron chi connectivity index (χ1n) is 7.79. The van der Waals surface area contributed by atoms with E-state index >= 15 is 0 Å². The zero-order valence-electron chi connectivity index (χ0n) is 13.4. The van der Waals surface area contributed by atoms with Crippen molar-refractivity contribution < 1.29 is 9.00 Å². The lowest BCUT2D eigenvalue weighted by atomic mass is 10.1. The van der Waals surface area contributed by atoms with E-state index in [2.05, 4.69) is 5.32 Å². The minimum absolute atomic E-state index is 0.165. The molecule has 0 radical (unpaired) electrons. The average Bonchev–Trinajstić information content (AvgIpc) is 3.13. The van der Waals surface area contributed by atoms with Crippen LogP contribution in [-0.2, 0) is 27.9 Å². The van der Waals surface area contributed by atoms with E-state index in [4.69, 9.17) is 0 Å². The Morgan fingerprint density at radius 3 is 2.71 bits per heavy atom. The molecule has 0 unspecified atom stereocenters. The molecule has 5 heteroatoms. The summed E-state index contributed by atoms with van der Waals surface area (Å²) in [6, 6.07) is 18.0. The first kappa shape index (κ1) is 16.9. The maximum atomic E-state index is 12.6. The Morgan fingerprint density at radius 2 is 1.92 bits per heavy atom. The molecule has 2 atom stereocenters. The van der Waals surface area contributed by atoms with Crippen LogP contribution in [0.5, 0.6) is 0 Å². The number of thiophene rings is 1. The van der Waals surface area contributed by atoms with Crippen molar-refractivity contribution in [3.63, 3.8) is 0 Å². The molecule has 1 heterocycles. The summed E-state index contributed by atoms with van der Waals surface area (Å²) in [5, 5.41) is 6.53. The Kier molecular flexibility index (Phi) is 5.43. The van der Waals surface area contributed by atoms with Gasteiger partial charge in [-0.3, -0.25) is 9.00 Å². The fraction of sp³-hybridized carbons (Fsp3) is 0.211. The normalized spacial score (nSPS) is 13.5. The van der Waals surface area contributed by atoms with Gasteiger partial charge in [0.1, 0.15) is 5.25 Å². The second-order valence-corrected chi connectivity index (χ2v) is 8.39. The van der Waals surface area contributed by atoms with Crippen molar-refractivity contribution in [3.05, 3.63) is 70.4 Å². The van der Waals surface area contributed by atoms with Crippen molar-refractivity contribution >= 4 is 38.8 Å². The van der Waals surface area contributed by atoms with E-state index in [0.29, 0.717) is 12.3 Å². The number of hydrogen-bond acceptors (Lipinski definition) is 3. The fourth-order valence-corrected chi connectivity index (χ4v) is 4.32. The molecule has 0 saturated carbocycles. The summed E-state index contributed by atoms with van der Waals surface area (Å²) in [5.41, 5.74) is 1.02. The van der Waals surface area contributed by atoms with Gasteiger partial charge >= 0.3 is 0 Å². The molecule has 3 aromatic rings. The molecule has 24 heavy (non-hydrogen) atoms. The van der Waals surface area contributed by atoms with Gasteiger partial charge in [-0.1, -0.05) is 48.5 Å². The van der Waals surface area contributed by atoms with Gasteiger partial charge in [0.2, 0.25) is 5.91 Å². The van der Waals surface area contributed by atoms with Gasteiger partial charge in [-0.2, -0.15) is 0 Å². The molecule has 0 aliphatic carbocycles. The molecule has 0 aliphatic heterocycles. The third kappa shape index (κ3) is 3.91. The Balaban J connectivity index is 1.66. The molecule has 3 nitrogen and oxygen atoms in total. The quantitative estimate of drug-likeness (QED) is 0.728. The van der Waals surface area contributed by atoms with Crippen molar-refractivity contribution in [3.8, 4) is 0 Å². The number of carbonyl (C=O) groups excluding carboxylic acids is 1. The van der Waals surface area contributed by atoms with Gasteiger partial charge in [0.05, 0.1) is 6.54 Å². The molecule has 1 N–H and O–H groups in total. The highest BCUT2D eigenvalue weighted by atomic mass is 32.2. The van der Waals surface area contributed by atoms with E-state index in [9.17, 15) is 9.00 Å². The maximum Gasteiger partial charge on any atom is 0.235 e. The summed E-state index contributed by atoms with van der Waals surface area (Å²) in [7, 11) is -1.26. The van der Waals surface area contributed by atoms with Crippen LogP contribution >= 0.6 is 11.3 Å². The minimum Gasteiger partial charge on any atom is -0.350 e. The van der Waals surface area contributed by atoms with Crippen LogP contribution in [0.15, 0.2) is 60.0 Å². The molecule has 2 aromatic carbocycles. The molecule has 1 amide bonds. The third-order valence-corrected chi connectivity index (χ3v) is 6.43. The topological polar surface area (TPSA) is 46.2 Å². The molecular weight excluding hydrogens is 338 g/mol. The molecule has 0 fully saturated rings. The van der Waals surface area contributed by atoms with Crippen LogP contribution in [-0.4, -0.2) is 15.4 Å². The van der Waals surface area contributed by atoms with Gasteiger partial charge in [0, 0.05) is 21.4 Å². The SMILES string of the molecule is C[C@@H](C(=O)NCc1cccs1)[S@](=O)Cc1cccc2ccccc12. The average molecular weight is 358 g/mol. The zero-order chi connectivity index (χ0) is 16.9. The van der Waals surface area contributed by atoms with Gasteiger partial charge in [-0.05, 0) is 34.7 Å². The van der Waals surface area contributed by atoms with Crippen LogP contribution in [0.3, 0.4) is 0 Å². The largest absolute Gasteiger partial charge is 0.350 e. The minimum atomic E-state index is -1.26. The summed E-state index contributed by atoms with van der Waals surface area (Å²) in [6.45, 7) is 2.22. The van der Waals surface area contributed by atoms with E-state index in [0.717, 1.165) is 21.2 Å². The standard InChI is InChI=1S/C19H19NO2S2/c1-14(19(21)20-12-17-9-5-11-23-17)24(22)13-16-8-4-7-15-6-2-3-10-18(15)16/h2-11,14H,12-13H2,1H3,(H,20,21)/t14-,24+/m0/s1. The molecule has 0 saturated heterocycles. The lowest BCUT2D eigenvalue weighted by Gasteiger charge is -2.13. The highest BCUT2D eigenvalue weighted by Gasteiger charge is 2.20. The third-order valence-electron chi connectivity index (χ3n) is 3.96. The summed E-state index contributed by atoms with van der Waals surface area (Å²) >= 11 is 1.60. The predicted octanol–water partition coefficient (Wildman–Crippen LogP) is 3.85. The van der Waals surface area contributed by atoms with Crippen molar-refractivity contribution in [1.82, 2.24) is 5.32 Å². The highest BCUT2D eigenvalue weighted by molar-refractivity contribution is 7.85. The fourth-order valence-electron chi connectivity index (χ4n) is 2.55. The smallest absolute Gasteiger partial charge is 0.235 e. The van der Waals surface area contributed by atoms with E-state index in [1.165, 1.54) is 0 Å². The molecule has 1 aromatic heterocycles. The second kappa shape index (κ2) is 7.73. The van der Waals surface area contributed by atoms with E-state index in [-0.39, 0.29) is 5.91 Å². The summed E-state index contributed by atoms with van der Waals surface area (Å²) in [6.07, 6.45) is 0. The Hall–Kier alpha value is -1.98. The van der Waals surface area contributed by atoms with Crippen LogP contribution < -0.4 is 5.32 Å². The van der Waals surface area contributed by atoms with Crippen LogP contribution in [0.2, 0.25) is 0 Å². The van der Waals surface area contributed by atoms with Crippen molar-refractivity contribution in [2.75, 3.05) is 0 Å². The number of hydrogen-bond donors (Lipinski definition) is 1. The van der Waals surface area contributed by atoms with E-state index in [1.807, 2.05) is 60.0 Å². The molecular formula is C19H19NO2S2. The highest BCUT2D eigenvalue weighted by Crippen LogP contribution is 2.20. The number of amides is 1. The number of fused-ring (bicyclic) bond motifs is 1. The summed E-state index contributed by atoms with van der Waals surface area (Å²) < 4.78 is 12.6. The zero-order valence-corrected chi connectivity index (χ0v) is 15.0. The number of carbonyl (C=O) groups is 1. The van der Waals surface area contributed by atoms with Crippen LogP contribution in [0.1, 0.15) is 17.4 Å².